The normalized spacial score (nSPS) is 10.3. The van der Waals surface area contributed by atoms with Crippen molar-refractivity contribution < 1.29 is 9.90 Å². The minimum Gasteiger partial charge on any atom is -0.478 e. The maximum Gasteiger partial charge on any atom is 0.339 e. The summed E-state index contributed by atoms with van der Waals surface area (Å²) in [6.07, 6.45) is 0.770. The van der Waals surface area contributed by atoms with Crippen LogP contribution in [0.1, 0.15) is 21.6 Å². The number of aryl methyl sites for hydroxylation is 1. The molecule has 1 aromatic heterocycles. The molecule has 0 aliphatic rings. The molecule has 0 saturated carbocycles. The van der Waals surface area contributed by atoms with E-state index in [4.69, 9.17) is 16.7 Å². The Morgan fingerprint density at radius 3 is 2.60 bits per heavy atom. The fourth-order valence-corrected chi connectivity index (χ4v) is 1.97. The average Bonchev–Trinajstić information content (AvgIpc) is 2.41. The molecule has 1 heterocycles. The Hall–Kier alpha value is -2.07. The second-order valence-corrected chi connectivity index (χ2v) is 4.89. The van der Waals surface area contributed by atoms with Gasteiger partial charge in [0.1, 0.15) is 11.4 Å². The first-order valence-electron chi connectivity index (χ1n) is 6.25. The van der Waals surface area contributed by atoms with Crippen LogP contribution >= 0.6 is 11.6 Å². The molecule has 0 aliphatic heterocycles. The van der Waals surface area contributed by atoms with Crippen molar-refractivity contribution in [2.45, 2.75) is 13.3 Å². The van der Waals surface area contributed by atoms with Gasteiger partial charge in [0.15, 0.2) is 0 Å². The number of carbonyl (C=O) groups is 1. The first kappa shape index (κ1) is 14.3. The Morgan fingerprint density at radius 1 is 1.25 bits per heavy atom. The van der Waals surface area contributed by atoms with Gasteiger partial charge in [-0.25, -0.2) is 9.78 Å². The number of carboxylic acid groups (broad SMARTS) is 1. The van der Waals surface area contributed by atoms with Crippen LogP contribution in [-0.4, -0.2) is 22.6 Å². The molecule has 0 bridgehead atoms. The van der Waals surface area contributed by atoms with Crippen LogP contribution in [0.25, 0.3) is 0 Å². The van der Waals surface area contributed by atoms with Crippen molar-refractivity contribution in [2.24, 2.45) is 0 Å². The average molecular weight is 291 g/mol. The maximum atomic E-state index is 11.1. The number of aromatic carboxylic acids is 1. The predicted molar refractivity (Wildman–Crippen MR) is 79.6 cm³/mol. The van der Waals surface area contributed by atoms with E-state index in [1.165, 1.54) is 0 Å². The van der Waals surface area contributed by atoms with Crippen molar-refractivity contribution in [3.8, 4) is 0 Å². The topological polar surface area (TPSA) is 62.2 Å². The number of pyridine rings is 1. The molecule has 104 valence electrons. The van der Waals surface area contributed by atoms with Gasteiger partial charge in [-0.15, -0.1) is 0 Å². The first-order chi connectivity index (χ1) is 9.56. The number of anilines is 1. The smallest absolute Gasteiger partial charge is 0.339 e. The maximum absolute atomic E-state index is 11.1. The van der Waals surface area contributed by atoms with Crippen molar-refractivity contribution in [3.05, 3.63) is 58.2 Å². The molecule has 0 aliphatic carbocycles. The van der Waals surface area contributed by atoms with Crippen molar-refractivity contribution in [1.82, 2.24) is 4.98 Å². The van der Waals surface area contributed by atoms with Gasteiger partial charge in [0, 0.05) is 17.3 Å². The number of nitrogens with one attached hydrogen (secondary N) is 1. The van der Waals surface area contributed by atoms with Gasteiger partial charge in [-0.1, -0.05) is 23.7 Å². The zero-order valence-corrected chi connectivity index (χ0v) is 11.8. The fourth-order valence-electron chi connectivity index (χ4n) is 1.84. The van der Waals surface area contributed by atoms with E-state index < -0.39 is 5.97 Å². The lowest BCUT2D eigenvalue weighted by molar-refractivity contribution is 0.0697. The molecule has 20 heavy (non-hydrogen) atoms. The van der Waals surface area contributed by atoms with Crippen LogP contribution in [-0.2, 0) is 6.42 Å². The fraction of sp³-hybridized carbons (Fsp3) is 0.200. The van der Waals surface area contributed by atoms with Gasteiger partial charge in [-0.2, -0.15) is 0 Å². The number of benzene rings is 1. The van der Waals surface area contributed by atoms with Crippen molar-refractivity contribution >= 4 is 23.4 Å². The number of aromatic nitrogens is 1. The summed E-state index contributed by atoms with van der Waals surface area (Å²) in [5.74, 6) is -0.571. The second-order valence-electron chi connectivity index (χ2n) is 4.46. The predicted octanol–water partition coefficient (Wildman–Crippen LogP) is 3.40. The highest BCUT2D eigenvalue weighted by Crippen LogP contribution is 2.14. The Labute approximate surface area is 122 Å². The highest BCUT2D eigenvalue weighted by Gasteiger charge is 2.10. The summed E-state index contributed by atoms with van der Waals surface area (Å²) in [5, 5.41) is 12.9. The standard InChI is InChI=1S/C15H15ClN2O2/c1-10-2-7-13(15(19)20)14(18-10)17-9-8-11-3-5-12(16)6-4-11/h2-7H,8-9H2,1H3,(H,17,18)(H,19,20). The molecule has 2 rings (SSSR count). The molecule has 1 aromatic carbocycles. The molecule has 0 saturated heterocycles. The molecule has 5 heteroatoms. The Morgan fingerprint density at radius 2 is 1.95 bits per heavy atom. The van der Waals surface area contributed by atoms with E-state index in [0.717, 1.165) is 17.7 Å². The van der Waals surface area contributed by atoms with Crippen molar-refractivity contribution in [1.29, 1.82) is 0 Å². The third-order valence-corrected chi connectivity index (χ3v) is 3.14. The van der Waals surface area contributed by atoms with Crippen LogP contribution in [0.4, 0.5) is 5.82 Å². The van der Waals surface area contributed by atoms with E-state index in [1.54, 1.807) is 12.1 Å². The van der Waals surface area contributed by atoms with Gasteiger partial charge in [-0.05, 0) is 43.2 Å². The lowest BCUT2D eigenvalue weighted by Crippen LogP contribution is -2.11. The van der Waals surface area contributed by atoms with E-state index in [9.17, 15) is 4.79 Å². The zero-order chi connectivity index (χ0) is 14.5. The van der Waals surface area contributed by atoms with E-state index in [0.29, 0.717) is 17.4 Å². The van der Waals surface area contributed by atoms with Crippen molar-refractivity contribution in [3.63, 3.8) is 0 Å². The molecule has 4 nitrogen and oxygen atoms in total. The summed E-state index contributed by atoms with van der Waals surface area (Å²) in [6.45, 7) is 2.44. The largest absolute Gasteiger partial charge is 0.478 e. The SMILES string of the molecule is Cc1ccc(C(=O)O)c(NCCc2ccc(Cl)cc2)n1. The lowest BCUT2D eigenvalue weighted by atomic mass is 10.1. The number of rotatable bonds is 5. The molecule has 2 aromatic rings. The lowest BCUT2D eigenvalue weighted by Gasteiger charge is -2.09. The summed E-state index contributed by atoms with van der Waals surface area (Å²) in [4.78, 5) is 15.3. The van der Waals surface area contributed by atoms with Crippen LogP contribution in [0.3, 0.4) is 0 Å². The van der Waals surface area contributed by atoms with Gasteiger partial charge in [0.25, 0.3) is 0 Å². The molecule has 0 fully saturated rings. The zero-order valence-electron chi connectivity index (χ0n) is 11.1. The minimum absolute atomic E-state index is 0.187. The molecular formula is C15H15ClN2O2. The Kier molecular flexibility index (Phi) is 4.58. The van der Waals surface area contributed by atoms with Gasteiger partial charge >= 0.3 is 5.97 Å². The number of hydrogen-bond acceptors (Lipinski definition) is 3. The quantitative estimate of drug-likeness (QED) is 0.886. The highest BCUT2D eigenvalue weighted by atomic mass is 35.5. The summed E-state index contributed by atoms with van der Waals surface area (Å²) in [6, 6.07) is 10.8. The van der Waals surface area contributed by atoms with Gasteiger partial charge in [-0.3, -0.25) is 0 Å². The monoisotopic (exact) mass is 290 g/mol. The highest BCUT2D eigenvalue weighted by molar-refractivity contribution is 6.30. The Bertz CT molecular complexity index is 612. The molecule has 0 amide bonds. The molecular weight excluding hydrogens is 276 g/mol. The molecule has 0 unspecified atom stereocenters. The summed E-state index contributed by atoms with van der Waals surface area (Å²) >= 11 is 5.82. The van der Waals surface area contributed by atoms with Gasteiger partial charge in [0.05, 0.1) is 0 Å². The number of halogens is 1. The van der Waals surface area contributed by atoms with Crippen LogP contribution in [0, 0.1) is 6.92 Å². The van der Waals surface area contributed by atoms with Gasteiger partial charge in [0.2, 0.25) is 0 Å². The number of carboxylic acids is 1. The third-order valence-electron chi connectivity index (χ3n) is 2.88. The van der Waals surface area contributed by atoms with E-state index in [2.05, 4.69) is 10.3 Å². The first-order valence-corrected chi connectivity index (χ1v) is 6.63. The van der Waals surface area contributed by atoms with Crippen LogP contribution in [0.2, 0.25) is 5.02 Å². The minimum atomic E-state index is -0.980. The molecule has 0 radical (unpaired) electrons. The Balaban J connectivity index is 2.02. The van der Waals surface area contributed by atoms with Crippen LogP contribution in [0.15, 0.2) is 36.4 Å². The summed E-state index contributed by atoms with van der Waals surface area (Å²) in [7, 11) is 0. The van der Waals surface area contributed by atoms with Crippen LogP contribution < -0.4 is 5.32 Å². The number of nitrogens with zero attached hydrogens (tertiary/aromatic N) is 1. The summed E-state index contributed by atoms with van der Waals surface area (Å²) < 4.78 is 0. The van der Waals surface area contributed by atoms with E-state index >= 15 is 0 Å². The van der Waals surface area contributed by atoms with E-state index in [1.807, 2.05) is 31.2 Å². The van der Waals surface area contributed by atoms with E-state index in [-0.39, 0.29) is 5.56 Å². The molecule has 0 atom stereocenters. The molecule has 2 N–H and O–H groups in total. The second kappa shape index (κ2) is 6.39. The van der Waals surface area contributed by atoms with Crippen molar-refractivity contribution in [2.75, 3.05) is 11.9 Å². The van der Waals surface area contributed by atoms with Crippen LogP contribution in [0.5, 0.6) is 0 Å². The van der Waals surface area contributed by atoms with Gasteiger partial charge < -0.3 is 10.4 Å². The molecule has 0 spiro atoms. The summed E-state index contributed by atoms with van der Waals surface area (Å²) in [5.41, 5.74) is 2.10. The third kappa shape index (κ3) is 3.71. The number of hydrogen-bond donors (Lipinski definition) is 2.